The molecular formula is C14H11FN4O2. The molecule has 6 nitrogen and oxygen atoms in total. The van der Waals surface area contributed by atoms with Gasteiger partial charge in [-0.05, 0) is 30.3 Å². The molecule has 2 aliphatic heterocycles. The molecule has 2 heterocycles. The molecule has 7 heteroatoms. The maximum absolute atomic E-state index is 13.0. The van der Waals surface area contributed by atoms with Crippen molar-refractivity contribution in [2.75, 3.05) is 0 Å². The van der Waals surface area contributed by atoms with E-state index < -0.39 is 11.2 Å². The number of aryl methyl sites for hydroxylation is 1. The van der Waals surface area contributed by atoms with Crippen molar-refractivity contribution < 1.29 is 4.39 Å². The van der Waals surface area contributed by atoms with Crippen molar-refractivity contribution in [1.82, 2.24) is 19.3 Å². The van der Waals surface area contributed by atoms with Gasteiger partial charge in [0.2, 0.25) is 0 Å². The number of aromatic nitrogens is 4. The van der Waals surface area contributed by atoms with Crippen molar-refractivity contribution in [2.24, 2.45) is 14.1 Å². The Hall–Kier alpha value is -2.83. The first-order chi connectivity index (χ1) is 9.97. The van der Waals surface area contributed by atoms with Crippen molar-refractivity contribution in [1.29, 1.82) is 0 Å². The van der Waals surface area contributed by atoms with Crippen LogP contribution in [0.1, 0.15) is 0 Å². The molecule has 0 aliphatic carbocycles. The largest absolute Gasteiger partial charge is 0.352 e. The highest BCUT2D eigenvalue weighted by Crippen LogP contribution is 2.21. The second-order valence-electron chi connectivity index (χ2n) is 4.66. The Balaban J connectivity index is 2.33. The first-order valence-electron chi connectivity index (χ1n) is 6.18. The van der Waals surface area contributed by atoms with Gasteiger partial charge >= 0.3 is 5.69 Å². The summed E-state index contributed by atoms with van der Waals surface area (Å²) in [5.41, 5.74) is 0.393. The quantitative estimate of drug-likeness (QED) is 0.663. The van der Waals surface area contributed by atoms with Gasteiger partial charge in [-0.15, -0.1) is 0 Å². The van der Waals surface area contributed by atoms with Gasteiger partial charge in [0.1, 0.15) is 5.82 Å². The summed E-state index contributed by atoms with van der Waals surface area (Å²) < 4.78 is 15.3. The number of fused-ring (bicyclic) bond motifs is 1. The normalized spacial score (nSPS) is 11.0. The average Bonchev–Trinajstić information content (AvgIpc) is 2.47. The zero-order valence-electron chi connectivity index (χ0n) is 11.4. The summed E-state index contributed by atoms with van der Waals surface area (Å²) in [4.78, 5) is 27.6. The van der Waals surface area contributed by atoms with Gasteiger partial charge in [0.15, 0.2) is 5.82 Å². The van der Waals surface area contributed by atoms with Crippen LogP contribution in [0.25, 0.3) is 22.6 Å². The molecule has 0 bridgehead atoms. The fraction of sp³-hybridized carbons (Fsp3) is 0.143. The first kappa shape index (κ1) is 13.2. The number of benzene rings is 1. The second-order valence-corrected chi connectivity index (χ2v) is 4.66. The monoisotopic (exact) mass is 286 g/mol. The van der Waals surface area contributed by atoms with Crippen LogP contribution >= 0.6 is 0 Å². The zero-order valence-corrected chi connectivity index (χ0v) is 11.4. The summed E-state index contributed by atoms with van der Waals surface area (Å²) >= 11 is 0. The SMILES string of the molecule is Cn1nc(-c2ccc(F)cc2)cc2c(=O)n(C)c(=O)nc1-2. The zero-order chi connectivity index (χ0) is 15.1. The molecule has 0 spiro atoms. The maximum Gasteiger partial charge on any atom is 0.352 e. The molecule has 0 aromatic heterocycles. The Kier molecular flexibility index (Phi) is 2.90. The Labute approximate surface area is 118 Å². The number of halogens is 1. The molecule has 0 amide bonds. The van der Waals surface area contributed by atoms with Crippen LogP contribution in [0, 0.1) is 5.82 Å². The molecule has 3 rings (SSSR count). The average molecular weight is 286 g/mol. The van der Waals surface area contributed by atoms with Gasteiger partial charge in [0, 0.05) is 19.7 Å². The third-order valence-corrected chi connectivity index (χ3v) is 3.25. The summed E-state index contributed by atoms with van der Waals surface area (Å²) in [5, 5.41) is 4.26. The highest BCUT2D eigenvalue weighted by Gasteiger charge is 2.17. The summed E-state index contributed by atoms with van der Waals surface area (Å²) in [6.45, 7) is 0. The van der Waals surface area contributed by atoms with Crippen LogP contribution in [0.15, 0.2) is 39.9 Å². The topological polar surface area (TPSA) is 69.8 Å². The van der Waals surface area contributed by atoms with Gasteiger partial charge < -0.3 is 0 Å². The van der Waals surface area contributed by atoms with Gasteiger partial charge in [-0.3, -0.25) is 9.36 Å². The molecule has 1 aromatic rings. The minimum Gasteiger partial charge on any atom is -0.268 e. The van der Waals surface area contributed by atoms with Crippen LogP contribution in [0.3, 0.4) is 0 Å². The van der Waals surface area contributed by atoms with Gasteiger partial charge in [-0.25, -0.2) is 13.9 Å². The molecule has 1 aromatic carbocycles. The summed E-state index contributed by atoms with van der Waals surface area (Å²) in [5.74, 6) is -0.133. The van der Waals surface area contributed by atoms with Crippen LogP contribution < -0.4 is 11.2 Å². The molecule has 0 unspecified atom stereocenters. The predicted octanol–water partition coefficient (Wildman–Crippen LogP) is 0.785. The number of hydrogen-bond donors (Lipinski definition) is 0. The van der Waals surface area contributed by atoms with E-state index >= 15 is 0 Å². The highest BCUT2D eigenvalue weighted by atomic mass is 19.1. The smallest absolute Gasteiger partial charge is 0.268 e. The van der Waals surface area contributed by atoms with E-state index in [1.165, 1.54) is 23.9 Å². The maximum atomic E-state index is 13.0. The van der Waals surface area contributed by atoms with E-state index in [0.29, 0.717) is 11.3 Å². The van der Waals surface area contributed by atoms with Crippen molar-refractivity contribution in [3.63, 3.8) is 0 Å². The fourth-order valence-corrected chi connectivity index (χ4v) is 2.10. The van der Waals surface area contributed by atoms with E-state index in [9.17, 15) is 14.0 Å². The summed E-state index contributed by atoms with van der Waals surface area (Å²) in [6.07, 6.45) is 0. The van der Waals surface area contributed by atoms with Crippen LogP contribution in [0.2, 0.25) is 0 Å². The Morgan fingerprint density at radius 1 is 1.10 bits per heavy atom. The standard InChI is InChI=1S/C14H11FN4O2/c1-18-13(20)10-7-11(8-3-5-9(15)6-4-8)17-19(2)12(10)16-14(18)21/h3-7H,1-2H3. The third kappa shape index (κ3) is 2.12. The van der Waals surface area contributed by atoms with Gasteiger partial charge in [0.25, 0.3) is 5.56 Å². The Morgan fingerprint density at radius 2 is 1.76 bits per heavy atom. The molecule has 2 aliphatic rings. The minimum absolute atomic E-state index is 0.217. The third-order valence-electron chi connectivity index (χ3n) is 3.25. The van der Waals surface area contributed by atoms with E-state index in [1.54, 1.807) is 25.2 Å². The van der Waals surface area contributed by atoms with Gasteiger partial charge in [-0.2, -0.15) is 10.1 Å². The van der Waals surface area contributed by atoms with E-state index in [0.717, 1.165) is 4.57 Å². The van der Waals surface area contributed by atoms with Gasteiger partial charge in [-0.1, -0.05) is 0 Å². The van der Waals surface area contributed by atoms with E-state index in [2.05, 4.69) is 10.1 Å². The van der Waals surface area contributed by atoms with E-state index in [1.807, 2.05) is 0 Å². The van der Waals surface area contributed by atoms with E-state index in [4.69, 9.17) is 0 Å². The van der Waals surface area contributed by atoms with Crippen LogP contribution in [-0.2, 0) is 14.1 Å². The molecule has 106 valence electrons. The molecule has 21 heavy (non-hydrogen) atoms. The number of rotatable bonds is 1. The predicted molar refractivity (Wildman–Crippen MR) is 74.5 cm³/mol. The molecule has 0 N–H and O–H groups in total. The van der Waals surface area contributed by atoms with Crippen LogP contribution in [0.5, 0.6) is 0 Å². The second kappa shape index (κ2) is 4.62. The number of hydrogen-bond acceptors (Lipinski definition) is 4. The van der Waals surface area contributed by atoms with Crippen molar-refractivity contribution >= 4 is 0 Å². The van der Waals surface area contributed by atoms with Gasteiger partial charge in [0.05, 0.1) is 11.3 Å². The van der Waals surface area contributed by atoms with Crippen LogP contribution in [0.4, 0.5) is 4.39 Å². The molecule has 0 fully saturated rings. The molecular weight excluding hydrogens is 275 g/mol. The molecule has 0 saturated heterocycles. The van der Waals surface area contributed by atoms with E-state index in [-0.39, 0.29) is 17.2 Å². The minimum atomic E-state index is -0.626. The van der Waals surface area contributed by atoms with Crippen molar-refractivity contribution in [3.05, 3.63) is 57.0 Å². The highest BCUT2D eigenvalue weighted by molar-refractivity contribution is 5.66. The summed E-state index contributed by atoms with van der Waals surface area (Å²) in [6, 6.07) is 7.33. The molecule has 0 saturated carbocycles. The van der Waals surface area contributed by atoms with Crippen molar-refractivity contribution in [2.45, 2.75) is 0 Å². The lowest BCUT2D eigenvalue weighted by molar-refractivity contribution is 0.628. The first-order valence-corrected chi connectivity index (χ1v) is 6.18. The Bertz CT molecular complexity index is 912. The van der Waals surface area contributed by atoms with Crippen molar-refractivity contribution in [3.8, 4) is 22.6 Å². The lowest BCUT2D eigenvalue weighted by Crippen LogP contribution is -2.36. The lowest BCUT2D eigenvalue weighted by Gasteiger charge is -2.12. The number of nitrogens with zero attached hydrogens (tertiary/aromatic N) is 4. The molecule has 0 atom stereocenters. The fourth-order valence-electron chi connectivity index (χ4n) is 2.10. The van der Waals surface area contributed by atoms with Crippen LogP contribution in [-0.4, -0.2) is 19.3 Å². The lowest BCUT2D eigenvalue weighted by atomic mass is 10.1. The Morgan fingerprint density at radius 3 is 2.43 bits per heavy atom. The summed E-state index contributed by atoms with van der Waals surface area (Å²) in [7, 11) is 2.97. The molecule has 0 radical (unpaired) electrons.